The average Bonchev–Trinajstić information content (AvgIpc) is 2.66. The van der Waals surface area contributed by atoms with Crippen molar-refractivity contribution >= 4 is 39.8 Å². The molecule has 1 rings (SSSR count). The molecule has 15 heavy (non-hydrogen) atoms. The van der Waals surface area contributed by atoms with Crippen molar-refractivity contribution in [3.8, 4) is 0 Å². The molecule has 0 saturated heterocycles. The second kappa shape index (κ2) is 7.30. The third kappa shape index (κ3) is 5.04. The number of halogens is 1. The predicted octanol–water partition coefficient (Wildman–Crippen LogP) is 3.11. The van der Waals surface area contributed by atoms with Crippen molar-refractivity contribution in [3.63, 3.8) is 0 Å². The SMILES string of the molecule is CN(C)c1nnc(SCCCCCCl)s1. The van der Waals surface area contributed by atoms with E-state index in [1.807, 2.05) is 19.0 Å². The summed E-state index contributed by atoms with van der Waals surface area (Å²) in [4.78, 5) is 1.98. The van der Waals surface area contributed by atoms with Crippen LogP contribution in [0.3, 0.4) is 0 Å². The maximum Gasteiger partial charge on any atom is 0.208 e. The zero-order valence-corrected chi connectivity index (χ0v) is 11.5. The Kier molecular flexibility index (Phi) is 6.36. The molecule has 0 aliphatic heterocycles. The molecule has 3 nitrogen and oxygen atoms in total. The van der Waals surface area contributed by atoms with Crippen LogP contribution in [0.5, 0.6) is 0 Å². The molecule has 0 fully saturated rings. The van der Waals surface area contributed by atoms with E-state index in [1.54, 1.807) is 23.1 Å². The third-order valence-corrected chi connectivity index (χ3v) is 4.36. The van der Waals surface area contributed by atoms with Gasteiger partial charge in [0.2, 0.25) is 5.13 Å². The fourth-order valence-electron chi connectivity index (χ4n) is 0.974. The average molecular weight is 266 g/mol. The van der Waals surface area contributed by atoms with E-state index in [4.69, 9.17) is 11.6 Å². The molecule has 0 aliphatic carbocycles. The van der Waals surface area contributed by atoms with Gasteiger partial charge in [-0.15, -0.1) is 21.8 Å². The summed E-state index contributed by atoms with van der Waals surface area (Å²) in [5.74, 6) is 1.88. The quantitative estimate of drug-likeness (QED) is 0.430. The molecule has 0 saturated carbocycles. The summed E-state index contributed by atoms with van der Waals surface area (Å²) in [6.45, 7) is 0. The van der Waals surface area contributed by atoms with Gasteiger partial charge in [0.15, 0.2) is 4.34 Å². The summed E-state index contributed by atoms with van der Waals surface area (Å²) in [6, 6.07) is 0. The number of alkyl halides is 1. The molecule has 0 amide bonds. The molecule has 0 unspecified atom stereocenters. The number of hydrogen-bond donors (Lipinski definition) is 0. The molecule has 0 aromatic carbocycles. The molecule has 1 heterocycles. The van der Waals surface area contributed by atoms with Crippen LogP contribution < -0.4 is 4.90 Å². The zero-order valence-electron chi connectivity index (χ0n) is 9.07. The van der Waals surface area contributed by atoms with E-state index in [9.17, 15) is 0 Å². The first kappa shape index (κ1) is 13.1. The monoisotopic (exact) mass is 265 g/mol. The van der Waals surface area contributed by atoms with Gasteiger partial charge in [-0.25, -0.2) is 0 Å². The first-order chi connectivity index (χ1) is 7.24. The van der Waals surface area contributed by atoms with Crippen molar-refractivity contribution < 1.29 is 0 Å². The van der Waals surface area contributed by atoms with Crippen LogP contribution >= 0.6 is 34.7 Å². The van der Waals surface area contributed by atoms with Crippen LogP contribution in [-0.4, -0.2) is 35.9 Å². The van der Waals surface area contributed by atoms with Gasteiger partial charge in [0.1, 0.15) is 0 Å². The number of rotatable bonds is 7. The zero-order chi connectivity index (χ0) is 11.1. The van der Waals surface area contributed by atoms with Crippen LogP contribution in [0, 0.1) is 0 Å². The normalized spacial score (nSPS) is 10.6. The highest BCUT2D eigenvalue weighted by atomic mass is 35.5. The van der Waals surface area contributed by atoms with Crippen LogP contribution in [0.1, 0.15) is 19.3 Å². The summed E-state index contributed by atoms with van der Waals surface area (Å²) < 4.78 is 1.06. The van der Waals surface area contributed by atoms with Crippen molar-refractivity contribution in [1.29, 1.82) is 0 Å². The van der Waals surface area contributed by atoms with Crippen LogP contribution in [0.2, 0.25) is 0 Å². The molecular weight excluding hydrogens is 250 g/mol. The van der Waals surface area contributed by atoms with Crippen molar-refractivity contribution in [2.24, 2.45) is 0 Å². The summed E-state index contributed by atoms with van der Waals surface area (Å²) in [6.07, 6.45) is 3.52. The van der Waals surface area contributed by atoms with E-state index in [0.717, 1.165) is 27.5 Å². The number of aromatic nitrogens is 2. The van der Waals surface area contributed by atoms with Gasteiger partial charge in [-0.05, 0) is 12.8 Å². The van der Waals surface area contributed by atoms with Gasteiger partial charge in [-0.2, -0.15) is 0 Å². The second-order valence-corrected chi connectivity index (χ2v) is 6.02. The van der Waals surface area contributed by atoms with Gasteiger partial charge in [0, 0.05) is 25.7 Å². The number of anilines is 1. The lowest BCUT2D eigenvalue weighted by Gasteiger charge is -2.03. The standard InChI is InChI=1S/C9H16ClN3S2/c1-13(2)8-11-12-9(15-8)14-7-5-3-4-6-10/h3-7H2,1-2H3. The minimum atomic E-state index is 0.772. The fraction of sp³-hybridized carbons (Fsp3) is 0.778. The lowest BCUT2D eigenvalue weighted by molar-refractivity contribution is 0.782. The van der Waals surface area contributed by atoms with E-state index >= 15 is 0 Å². The lowest BCUT2D eigenvalue weighted by atomic mass is 10.3. The Morgan fingerprint density at radius 3 is 2.67 bits per heavy atom. The molecule has 1 aromatic rings. The van der Waals surface area contributed by atoms with E-state index in [0.29, 0.717) is 0 Å². The molecule has 0 N–H and O–H groups in total. The van der Waals surface area contributed by atoms with Crippen LogP contribution in [-0.2, 0) is 0 Å². The van der Waals surface area contributed by atoms with E-state index in [-0.39, 0.29) is 0 Å². The fourth-order valence-corrected chi connectivity index (χ4v) is 3.00. The van der Waals surface area contributed by atoms with Crippen molar-refractivity contribution in [1.82, 2.24) is 10.2 Å². The summed E-state index contributed by atoms with van der Waals surface area (Å²) in [5.41, 5.74) is 0. The van der Waals surface area contributed by atoms with Crippen LogP contribution in [0.4, 0.5) is 5.13 Å². The van der Waals surface area contributed by atoms with E-state index in [1.165, 1.54) is 12.8 Å². The van der Waals surface area contributed by atoms with Gasteiger partial charge in [-0.1, -0.05) is 29.5 Å². The Bertz CT molecular complexity index is 278. The molecule has 86 valence electrons. The molecule has 1 aromatic heterocycles. The van der Waals surface area contributed by atoms with Crippen LogP contribution in [0.15, 0.2) is 4.34 Å². The van der Waals surface area contributed by atoms with Gasteiger partial charge >= 0.3 is 0 Å². The largest absolute Gasteiger partial charge is 0.353 e. The molecule has 0 spiro atoms. The lowest BCUT2D eigenvalue weighted by Crippen LogP contribution is -2.07. The van der Waals surface area contributed by atoms with Gasteiger partial charge in [0.05, 0.1) is 0 Å². The van der Waals surface area contributed by atoms with Crippen molar-refractivity contribution in [2.75, 3.05) is 30.6 Å². The summed E-state index contributed by atoms with van der Waals surface area (Å²) in [7, 11) is 3.96. The van der Waals surface area contributed by atoms with E-state index in [2.05, 4.69) is 10.2 Å². The first-order valence-electron chi connectivity index (χ1n) is 4.93. The molecule has 6 heteroatoms. The van der Waals surface area contributed by atoms with Gasteiger partial charge in [-0.3, -0.25) is 0 Å². The summed E-state index contributed by atoms with van der Waals surface area (Å²) in [5, 5.41) is 9.17. The molecule has 0 atom stereocenters. The van der Waals surface area contributed by atoms with Gasteiger partial charge < -0.3 is 4.90 Å². The Labute approximate surface area is 104 Å². The van der Waals surface area contributed by atoms with E-state index < -0.39 is 0 Å². The highest BCUT2D eigenvalue weighted by molar-refractivity contribution is 8.01. The Hall–Kier alpha value is -0.0000000000000000278. The number of unbranched alkanes of at least 4 members (excludes halogenated alkanes) is 2. The molecule has 0 radical (unpaired) electrons. The summed E-state index contributed by atoms with van der Waals surface area (Å²) >= 11 is 9.03. The smallest absolute Gasteiger partial charge is 0.208 e. The molecule has 0 aliphatic rings. The Morgan fingerprint density at radius 1 is 1.27 bits per heavy atom. The van der Waals surface area contributed by atoms with Crippen molar-refractivity contribution in [2.45, 2.75) is 23.6 Å². The minimum Gasteiger partial charge on any atom is -0.353 e. The Balaban J connectivity index is 2.20. The third-order valence-electron chi connectivity index (χ3n) is 1.78. The highest BCUT2D eigenvalue weighted by Crippen LogP contribution is 2.27. The molecule has 0 bridgehead atoms. The Morgan fingerprint density at radius 2 is 2.07 bits per heavy atom. The minimum absolute atomic E-state index is 0.772. The number of nitrogens with zero attached hydrogens (tertiary/aromatic N) is 3. The maximum absolute atomic E-state index is 5.60. The number of thioether (sulfide) groups is 1. The predicted molar refractivity (Wildman–Crippen MR) is 69.5 cm³/mol. The van der Waals surface area contributed by atoms with Crippen LogP contribution in [0.25, 0.3) is 0 Å². The topological polar surface area (TPSA) is 29.0 Å². The second-order valence-electron chi connectivity index (χ2n) is 3.34. The number of hydrogen-bond acceptors (Lipinski definition) is 5. The van der Waals surface area contributed by atoms with Gasteiger partial charge in [0.25, 0.3) is 0 Å². The highest BCUT2D eigenvalue weighted by Gasteiger charge is 2.05. The first-order valence-corrected chi connectivity index (χ1v) is 7.27. The molecular formula is C9H16ClN3S2. The van der Waals surface area contributed by atoms with Crippen molar-refractivity contribution in [3.05, 3.63) is 0 Å². The maximum atomic E-state index is 5.60.